The smallest absolute Gasteiger partial charge is 0.186 e. The third-order valence-electron chi connectivity index (χ3n) is 5.73. The van der Waals surface area contributed by atoms with E-state index in [0.29, 0.717) is 12.8 Å². The van der Waals surface area contributed by atoms with Crippen LogP contribution in [0.2, 0.25) is 0 Å². The van der Waals surface area contributed by atoms with Crippen molar-refractivity contribution in [3.63, 3.8) is 0 Å². The molecule has 2 aliphatic heterocycles. The topological polar surface area (TPSA) is 179 Å². The Labute approximate surface area is 185 Å². The minimum Gasteiger partial charge on any atom is -0.508 e. The van der Waals surface area contributed by atoms with Gasteiger partial charge in [0.05, 0.1) is 19.3 Å². The fourth-order valence-corrected chi connectivity index (χ4v) is 3.69. The van der Waals surface area contributed by atoms with Crippen LogP contribution in [0.3, 0.4) is 0 Å². The van der Waals surface area contributed by atoms with Gasteiger partial charge >= 0.3 is 0 Å². The number of aromatic hydroxyl groups is 1. The molecule has 3 rings (SSSR count). The van der Waals surface area contributed by atoms with Crippen LogP contribution in [-0.2, 0) is 25.4 Å². The van der Waals surface area contributed by atoms with Gasteiger partial charge in [0.25, 0.3) is 0 Å². The van der Waals surface area contributed by atoms with Crippen LogP contribution in [0.15, 0.2) is 24.3 Å². The highest BCUT2D eigenvalue weighted by Gasteiger charge is 2.47. The Morgan fingerprint density at radius 3 is 2.06 bits per heavy atom. The molecule has 0 aromatic heterocycles. The Morgan fingerprint density at radius 1 is 0.844 bits per heavy atom. The summed E-state index contributed by atoms with van der Waals surface area (Å²) >= 11 is 0. The standard InChI is InChI=1S/C21H32O11/c1-10(2-3-11-4-6-12(23)7-5-11)30-21-19(28)17(26)16(25)14(32-21)9-29-20-18(27)15(24)13(8-22)31-20/h4-7,10,13-28H,2-3,8-9H2,1H3/t10-,13-,14+,15-,16+,17-,18+,19+,20-,21-/m0/s1. The number of benzene rings is 1. The lowest BCUT2D eigenvalue weighted by Gasteiger charge is -2.41. The first kappa shape index (κ1) is 25.2. The minimum absolute atomic E-state index is 0.175. The lowest BCUT2D eigenvalue weighted by Crippen LogP contribution is -2.60. The molecule has 7 N–H and O–H groups in total. The van der Waals surface area contributed by atoms with E-state index in [9.17, 15) is 30.6 Å². The summed E-state index contributed by atoms with van der Waals surface area (Å²) < 4.78 is 21.9. The molecule has 0 aliphatic carbocycles. The van der Waals surface area contributed by atoms with Crippen molar-refractivity contribution in [3.8, 4) is 5.75 Å². The number of ether oxygens (including phenoxy) is 4. The molecule has 10 atom stereocenters. The van der Waals surface area contributed by atoms with Crippen LogP contribution < -0.4 is 0 Å². The Balaban J connectivity index is 1.52. The largest absolute Gasteiger partial charge is 0.508 e. The van der Waals surface area contributed by atoms with Crippen LogP contribution in [0.25, 0.3) is 0 Å². The van der Waals surface area contributed by atoms with Gasteiger partial charge in [-0.15, -0.1) is 0 Å². The van der Waals surface area contributed by atoms with Crippen LogP contribution in [0.4, 0.5) is 0 Å². The maximum absolute atomic E-state index is 10.3. The molecule has 0 unspecified atom stereocenters. The SMILES string of the molecule is C[C@@H](CCc1ccc(O)cc1)O[C@H]1O[C@H](CO[C@H]2O[C@@H](CO)[C@H](O)[C@H]2O)[C@@H](O)[C@H](O)[C@H]1O. The zero-order valence-electron chi connectivity index (χ0n) is 17.7. The van der Waals surface area contributed by atoms with E-state index < -0.39 is 61.9 Å². The molecule has 32 heavy (non-hydrogen) atoms. The zero-order valence-corrected chi connectivity index (χ0v) is 17.7. The number of hydrogen-bond donors (Lipinski definition) is 7. The van der Waals surface area contributed by atoms with E-state index in [2.05, 4.69) is 0 Å². The summed E-state index contributed by atoms with van der Waals surface area (Å²) in [4.78, 5) is 0. The van der Waals surface area contributed by atoms with Gasteiger partial charge < -0.3 is 54.7 Å². The summed E-state index contributed by atoms with van der Waals surface area (Å²) in [5.41, 5.74) is 0.989. The maximum atomic E-state index is 10.3. The molecule has 0 saturated carbocycles. The number of aliphatic hydroxyl groups excluding tert-OH is 6. The Bertz CT molecular complexity index is 701. The van der Waals surface area contributed by atoms with Crippen LogP contribution in [0.5, 0.6) is 5.75 Å². The summed E-state index contributed by atoms with van der Waals surface area (Å²) in [6.07, 6.45) is -11.0. The molecular weight excluding hydrogens is 428 g/mol. The van der Waals surface area contributed by atoms with Crippen molar-refractivity contribution in [1.82, 2.24) is 0 Å². The first-order valence-corrected chi connectivity index (χ1v) is 10.6. The van der Waals surface area contributed by atoms with E-state index in [4.69, 9.17) is 24.1 Å². The van der Waals surface area contributed by atoms with Crippen molar-refractivity contribution in [2.75, 3.05) is 13.2 Å². The van der Waals surface area contributed by atoms with Crippen molar-refractivity contribution in [3.05, 3.63) is 29.8 Å². The minimum atomic E-state index is -1.56. The highest BCUT2D eigenvalue weighted by molar-refractivity contribution is 5.25. The van der Waals surface area contributed by atoms with Gasteiger partial charge in [-0.2, -0.15) is 0 Å². The molecule has 1 aromatic rings. The van der Waals surface area contributed by atoms with E-state index in [-0.39, 0.29) is 18.5 Å². The van der Waals surface area contributed by atoms with E-state index in [0.717, 1.165) is 5.56 Å². The monoisotopic (exact) mass is 460 g/mol. The Morgan fingerprint density at radius 2 is 1.44 bits per heavy atom. The van der Waals surface area contributed by atoms with Gasteiger partial charge in [-0.05, 0) is 37.5 Å². The summed E-state index contributed by atoms with van der Waals surface area (Å²) in [6.45, 7) is 0.932. The summed E-state index contributed by atoms with van der Waals surface area (Å²) in [5.74, 6) is 0.175. The number of phenolic OH excluding ortho intramolecular Hbond substituents is 1. The molecule has 182 valence electrons. The van der Waals surface area contributed by atoms with Crippen LogP contribution >= 0.6 is 0 Å². The molecule has 0 bridgehead atoms. The molecule has 2 heterocycles. The van der Waals surface area contributed by atoms with Crippen LogP contribution in [0, 0.1) is 0 Å². The third kappa shape index (κ3) is 5.94. The van der Waals surface area contributed by atoms with Crippen LogP contribution in [-0.4, -0.2) is 110 Å². The predicted molar refractivity (Wildman–Crippen MR) is 107 cm³/mol. The molecule has 11 heteroatoms. The third-order valence-corrected chi connectivity index (χ3v) is 5.73. The van der Waals surface area contributed by atoms with Gasteiger partial charge in [0.2, 0.25) is 0 Å². The van der Waals surface area contributed by atoms with Crippen molar-refractivity contribution in [1.29, 1.82) is 0 Å². The van der Waals surface area contributed by atoms with Crippen molar-refractivity contribution < 1.29 is 54.7 Å². The molecule has 2 fully saturated rings. The molecule has 0 spiro atoms. The number of aryl methyl sites for hydroxylation is 1. The van der Waals surface area contributed by atoms with Gasteiger partial charge in [0, 0.05) is 0 Å². The van der Waals surface area contributed by atoms with E-state index in [1.165, 1.54) is 0 Å². The average Bonchev–Trinajstić information content (AvgIpc) is 3.06. The first-order chi connectivity index (χ1) is 15.2. The predicted octanol–water partition coefficient (Wildman–Crippen LogP) is -2.01. The second kappa shape index (κ2) is 11.2. The Kier molecular flexibility index (Phi) is 8.81. The number of hydrogen-bond acceptors (Lipinski definition) is 11. The molecule has 11 nitrogen and oxygen atoms in total. The summed E-state index contributed by atoms with van der Waals surface area (Å²) in [5, 5.41) is 68.9. The summed E-state index contributed by atoms with van der Waals surface area (Å²) in [7, 11) is 0. The number of aliphatic hydroxyl groups is 6. The second-order valence-corrected chi connectivity index (χ2v) is 8.21. The normalized spacial score (nSPS) is 38.7. The fraction of sp³-hybridized carbons (Fsp3) is 0.714. The molecular formula is C21H32O11. The van der Waals surface area contributed by atoms with E-state index in [1.807, 2.05) is 0 Å². The fourth-order valence-electron chi connectivity index (χ4n) is 3.69. The highest BCUT2D eigenvalue weighted by atomic mass is 16.7. The Hall–Kier alpha value is -1.38. The van der Waals surface area contributed by atoms with Crippen molar-refractivity contribution in [2.45, 2.75) is 81.2 Å². The van der Waals surface area contributed by atoms with Gasteiger partial charge in [-0.3, -0.25) is 0 Å². The lowest BCUT2D eigenvalue weighted by atomic mass is 9.99. The maximum Gasteiger partial charge on any atom is 0.186 e. The molecule has 2 saturated heterocycles. The van der Waals surface area contributed by atoms with Crippen molar-refractivity contribution >= 4 is 0 Å². The highest BCUT2D eigenvalue weighted by Crippen LogP contribution is 2.27. The molecule has 0 radical (unpaired) electrons. The average molecular weight is 460 g/mol. The van der Waals surface area contributed by atoms with Crippen LogP contribution in [0.1, 0.15) is 18.9 Å². The number of phenols is 1. The molecule has 1 aromatic carbocycles. The first-order valence-electron chi connectivity index (χ1n) is 10.6. The number of rotatable bonds is 9. The molecule has 2 aliphatic rings. The van der Waals surface area contributed by atoms with E-state index >= 15 is 0 Å². The second-order valence-electron chi connectivity index (χ2n) is 8.21. The lowest BCUT2D eigenvalue weighted by molar-refractivity contribution is -0.318. The van der Waals surface area contributed by atoms with Gasteiger partial charge in [-0.1, -0.05) is 12.1 Å². The summed E-state index contributed by atoms with van der Waals surface area (Å²) in [6, 6.07) is 6.76. The zero-order chi connectivity index (χ0) is 23.4. The molecule has 0 amide bonds. The van der Waals surface area contributed by atoms with E-state index in [1.54, 1.807) is 31.2 Å². The quantitative estimate of drug-likeness (QED) is 0.217. The van der Waals surface area contributed by atoms with Gasteiger partial charge in [0.1, 0.15) is 48.5 Å². The van der Waals surface area contributed by atoms with Gasteiger partial charge in [-0.25, -0.2) is 0 Å². The van der Waals surface area contributed by atoms with Gasteiger partial charge in [0.15, 0.2) is 12.6 Å². The van der Waals surface area contributed by atoms with Crippen molar-refractivity contribution in [2.24, 2.45) is 0 Å².